The average molecular weight is 360 g/mol. The lowest BCUT2D eigenvalue weighted by Crippen LogP contribution is -2.40. The van der Waals surface area contributed by atoms with Gasteiger partial charge in [0.25, 0.3) is 0 Å². The molecule has 1 aliphatic heterocycles. The van der Waals surface area contributed by atoms with Crippen molar-refractivity contribution in [2.75, 3.05) is 31.6 Å². The van der Waals surface area contributed by atoms with Gasteiger partial charge in [0, 0.05) is 23.8 Å². The van der Waals surface area contributed by atoms with Gasteiger partial charge < -0.3 is 10.1 Å². The molecule has 1 fully saturated rings. The minimum atomic E-state index is -0.0823. The fourth-order valence-corrected chi connectivity index (χ4v) is 3.60. The van der Waals surface area contributed by atoms with Crippen LogP contribution < -0.4 is 5.32 Å². The Morgan fingerprint density at radius 3 is 2.73 bits per heavy atom. The van der Waals surface area contributed by atoms with Gasteiger partial charge in [-0.1, -0.05) is 25.0 Å². The molecule has 1 heterocycles. The molecule has 5 heteroatoms. The lowest BCUT2D eigenvalue weighted by Gasteiger charge is -2.34. The number of para-hydroxylation sites is 1. The maximum absolute atomic E-state index is 11.9. The highest BCUT2D eigenvalue weighted by Gasteiger charge is 2.23. The van der Waals surface area contributed by atoms with E-state index in [0.717, 1.165) is 50.9 Å². The second kappa shape index (κ2) is 11.7. The summed E-state index contributed by atoms with van der Waals surface area (Å²) in [6.45, 7) is 5.32. The second-order valence-corrected chi connectivity index (χ2v) is 6.89. The summed E-state index contributed by atoms with van der Waals surface area (Å²) in [6.07, 6.45) is 8.20. The number of rotatable bonds is 11. The summed E-state index contributed by atoms with van der Waals surface area (Å²) < 4.78 is 5.16. The molecule has 0 bridgehead atoms. The van der Waals surface area contributed by atoms with E-state index in [1.54, 1.807) is 0 Å². The van der Waals surface area contributed by atoms with Gasteiger partial charge >= 0.3 is 5.97 Å². The minimum Gasteiger partial charge on any atom is -0.466 e. The summed E-state index contributed by atoms with van der Waals surface area (Å²) in [4.78, 5) is 25.5. The maximum Gasteiger partial charge on any atom is 0.307 e. The first-order chi connectivity index (χ1) is 12.7. The summed E-state index contributed by atoms with van der Waals surface area (Å²) in [6, 6.07) is 7.84. The number of piperidine rings is 1. The van der Waals surface area contributed by atoms with Crippen LogP contribution in [0.1, 0.15) is 62.2 Å². The third-order valence-corrected chi connectivity index (χ3v) is 4.98. The van der Waals surface area contributed by atoms with E-state index in [2.05, 4.69) is 10.2 Å². The quantitative estimate of drug-likeness (QED) is 0.369. The van der Waals surface area contributed by atoms with Crippen molar-refractivity contribution in [3.63, 3.8) is 0 Å². The Kier molecular flexibility index (Phi) is 9.18. The Morgan fingerprint density at radius 1 is 1.23 bits per heavy atom. The molecule has 5 nitrogen and oxygen atoms in total. The SMILES string of the molecule is CCOC(=O)CC(CCCCNc1ccccc1C=O)N1CCCCC1. The summed E-state index contributed by atoms with van der Waals surface area (Å²) in [7, 11) is 0. The van der Waals surface area contributed by atoms with E-state index in [1.165, 1.54) is 19.3 Å². The normalized spacial score (nSPS) is 16.0. The number of esters is 1. The molecule has 1 N–H and O–H groups in total. The topological polar surface area (TPSA) is 58.6 Å². The molecular formula is C21H32N2O3. The molecule has 26 heavy (non-hydrogen) atoms. The van der Waals surface area contributed by atoms with Crippen molar-refractivity contribution >= 4 is 17.9 Å². The molecule has 1 atom stereocenters. The van der Waals surface area contributed by atoms with E-state index in [-0.39, 0.29) is 12.0 Å². The van der Waals surface area contributed by atoms with Crippen molar-refractivity contribution in [2.45, 2.75) is 57.9 Å². The maximum atomic E-state index is 11.9. The zero-order chi connectivity index (χ0) is 18.6. The Hall–Kier alpha value is -1.88. The predicted molar refractivity (Wildman–Crippen MR) is 105 cm³/mol. The number of nitrogens with one attached hydrogen (secondary N) is 1. The number of hydrogen-bond donors (Lipinski definition) is 1. The fourth-order valence-electron chi connectivity index (χ4n) is 3.60. The van der Waals surface area contributed by atoms with E-state index < -0.39 is 0 Å². The van der Waals surface area contributed by atoms with Gasteiger partial charge in [-0.05, 0) is 57.8 Å². The number of ether oxygens (including phenoxy) is 1. The van der Waals surface area contributed by atoms with Crippen LogP contribution in [-0.4, -0.2) is 49.4 Å². The Balaban J connectivity index is 1.76. The van der Waals surface area contributed by atoms with E-state index >= 15 is 0 Å². The van der Waals surface area contributed by atoms with Crippen LogP contribution in [-0.2, 0) is 9.53 Å². The van der Waals surface area contributed by atoms with Gasteiger partial charge in [-0.3, -0.25) is 14.5 Å². The molecule has 144 valence electrons. The average Bonchev–Trinajstić information content (AvgIpc) is 2.68. The van der Waals surface area contributed by atoms with E-state index in [4.69, 9.17) is 4.74 Å². The van der Waals surface area contributed by atoms with Crippen molar-refractivity contribution < 1.29 is 14.3 Å². The smallest absolute Gasteiger partial charge is 0.307 e. The van der Waals surface area contributed by atoms with Gasteiger partial charge in [0.05, 0.1) is 13.0 Å². The summed E-state index contributed by atoms with van der Waals surface area (Å²) >= 11 is 0. The molecule has 0 spiro atoms. The van der Waals surface area contributed by atoms with E-state index in [1.807, 2.05) is 31.2 Å². The van der Waals surface area contributed by atoms with Crippen molar-refractivity contribution in [1.82, 2.24) is 4.90 Å². The van der Waals surface area contributed by atoms with Crippen LogP contribution in [0.4, 0.5) is 5.69 Å². The molecule has 1 saturated heterocycles. The Morgan fingerprint density at radius 2 is 2.00 bits per heavy atom. The lowest BCUT2D eigenvalue weighted by atomic mass is 10.0. The predicted octanol–water partition coefficient (Wildman–Crippen LogP) is 3.89. The zero-order valence-electron chi connectivity index (χ0n) is 15.9. The van der Waals surface area contributed by atoms with Gasteiger partial charge in [0.1, 0.15) is 0 Å². The third-order valence-electron chi connectivity index (χ3n) is 4.98. The highest BCUT2D eigenvalue weighted by atomic mass is 16.5. The van der Waals surface area contributed by atoms with Gasteiger partial charge in [-0.25, -0.2) is 0 Å². The van der Waals surface area contributed by atoms with Gasteiger partial charge in [0.15, 0.2) is 6.29 Å². The largest absolute Gasteiger partial charge is 0.466 e. The van der Waals surface area contributed by atoms with Crippen molar-refractivity contribution in [3.05, 3.63) is 29.8 Å². The van der Waals surface area contributed by atoms with Crippen LogP contribution >= 0.6 is 0 Å². The number of carbonyl (C=O) groups is 2. The van der Waals surface area contributed by atoms with Crippen molar-refractivity contribution in [2.24, 2.45) is 0 Å². The number of hydrogen-bond acceptors (Lipinski definition) is 5. The fraction of sp³-hybridized carbons (Fsp3) is 0.619. The zero-order valence-corrected chi connectivity index (χ0v) is 15.9. The Labute approximate surface area is 157 Å². The number of benzene rings is 1. The summed E-state index contributed by atoms with van der Waals surface area (Å²) in [5.74, 6) is -0.0823. The van der Waals surface area contributed by atoms with Crippen molar-refractivity contribution in [1.29, 1.82) is 0 Å². The van der Waals surface area contributed by atoms with Crippen LogP contribution in [0.3, 0.4) is 0 Å². The van der Waals surface area contributed by atoms with Crippen LogP contribution in [0.25, 0.3) is 0 Å². The number of carbonyl (C=O) groups excluding carboxylic acids is 2. The van der Waals surface area contributed by atoms with E-state index in [0.29, 0.717) is 18.6 Å². The second-order valence-electron chi connectivity index (χ2n) is 6.89. The molecule has 0 saturated carbocycles. The molecule has 1 aromatic carbocycles. The molecule has 0 aliphatic carbocycles. The monoisotopic (exact) mass is 360 g/mol. The number of nitrogens with zero attached hydrogens (tertiary/aromatic N) is 1. The highest BCUT2D eigenvalue weighted by molar-refractivity contribution is 5.83. The molecule has 1 aromatic rings. The van der Waals surface area contributed by atoms with Crippen LogP contribution in [0.15, 0.2) is 24.3 Å². The molecule has 1 unspecified atom stereocenters. The van der Waals surface area contributed by atoms with Gasteiger partial charge in [-0.2, -0.15) is 0 Å². The van der Waals surface area contributed by atoms with Crippen LogP contribution in [0.2, 0.25) is 0 Å². The minimum absolute atomic E-state index is 0.0823. The van der Waals surface area contributed by atoms with Gasteiger partial charge in [0.2, 0.25) is 0 Å². The molecular weight excluding hydrogens is 328 g/mol. The molecule has 0 radical (unpaired) electrons. The third kappa shape index (κ3) is 6.79. The molecule has 2 rings (SSSR count). The van der Waals surface area contributed by atoms with E-state index in [9.17, 15) is 9.59 Å². The first-order valence-corrected chi connectivity index (χ1v) is 9.92. The number of unbranched alkanes of at least 4 members (excludes halogenated alkanes) is 1. The standard InChI is InChI=1S/C21H32N2O3/c1-2-26-21(25)16-19(23-14-8-3-9-15-23)11-6-7-13-22-20-12-5-4-10-18(20)17-24/h4-5,10,12,17,19,22H,2-3,6-9,11,13-16H2,1H3. The highest BCUT2D eigenvalue weighted by Crippen LogP contribution is 2.19. The first-order valence-electron chi connectivity index (χ1n) is 9.92. The van der Waals surface area contributed by atoms with Crippen LogP contribution in [0, 0.1) is 0 Å². The van der Waals surface area contributed by atoms with Crippen LogP contribution in [0.5, 0.6) is 0 Å². The number of aldehydes is 1. The molecule has 0 amide bonds. The number of anilines is 1. The van der Waals surface area contributed by atoms with Crippen molar-refractivity contribution in [3.8, 4) is 0 Å². The summed E-state index contributed by atoms with van der Waals surface area (Å²) in [5.41, 5.74) is 1.59. The van der Waals surface area contributed by atoms with Gasteiger partial charge in [-0.15, -0.1) is 0 Å². The Bertz CT molecular complexity index is 556. The summed E-state index contributed by atoms with van der Waals surface area (Å²) in [5, 5.41) is 3.34. The lowest BCUT2D eigenvalue weighted by molar-refractivity contribution is -0.144. The first kappa shape index (κ1) is 20.4. The molecule has 0 aromatic heterocycles. The molecule has 1 aliphatic rings. The number of likely N-dealkylation sites (tertiary alicyclic amines) is 1.